The molecule has 35 heavy (non-hydrogen) atoms. The van der Waals surface area contributed by atoms with Gasteiger partial charge in [-0.25, -0.2) is 0 Å². The fraction of sp³-hybridized carbons (Fsp3) is 0.154. The number of rotatable bonds is 7. The molecule has 0 saturated heterocycles. The number of hydrogen-bond acceptors (Lipinski definition) is 7. The van der Waals surface area contributed by atoms with Crippen molar-refractivity contribution in [2.75, 3.05) is 14.2 Å². The lowest BCUT2D eigenvalue weighted by molar-refractivity contribution is 0.213. The van der Waals surface area contributed by atoms with E-state index in [1.807, 2.05) is 61.5 Å². The van der Waals surface area contributed by atoms with E-state index in [1.54, 1.807) is 19.4 Å². The van der Waals surface area contributed by atoms with Crippen molar-refractivity contribution in [3.8, 4) is 17.3 Å². The van der Waals surface area contributed by atoms with Gasteiger partial charge in [-0.15, -0.1) is 10.2 Å². The van der Waals surface area contributed by atoms with Crippen molar-refractivity contribution in [1.82, 2.24) is 19.7 Å². The summed E-state index contributed by atoms with van der Waals surface area (Å²) in [5, 5.41) is 14.4. The first-order valence-electron chi connectivity index (χ1n) is 10.9. The number of hydrogen-bond donors (Lipinski definition) is 0. The van der Waals surface area contributed by atoms with Crippen LogP contribution in [-0.4, -0.2) is 39.7 Å². The van der Waals surface area contributed by atoms with Gasteiger partial charge in [0.1, 0.15) is 18.6 Å². The van der Waals surface area contributed by atoms with Crippen molar-refractivity contribution in [2.45, 2.75) is 13.5 Å². The van der Waals surface area contributed by atoms with Crippen LogP contribution in [0.25, 0.3) is 22.5 Å². The highest BCUT2D eigenvalue weighted by Crippen LogP contribution is 2.32. The van der Waals surface area contributed by atoms with Crippen LogP contribution in [0.1, 0.15) is 22.7 Å². The molecule has 0 aliphatic carbocycles. The molecule has 5 rings (SSSR count). The molecule has 0 amide bonds. The molecule has 0 fully saturated rings. The molecule has 9 heteroatoms. The third kappa shape index (κ3) is 4.36. The van der Waals surface area contributed by atoms with E-state index in [4.69, 9.17) is 25.6 Å². The summed E-state index contributed by atoms with van der Waals surface area (Å²) in [5.74, 6) is 1.24. The van der Waals surface area contributed by atoms with E-state index in [1.165, 1.54) is 7.11 Å². The minimum Gasteiger partial charge on any atom is -0.497 e. The second-order valence-corrected chi connectivity index (χ2v) is 8.24. The Labute approximate surface area is 206 Å². The smallest absolute Gasteiger partial charge is 0.270 e. The highest BCUT2D eigenvalue weighted by Gasteiger charge is 2.25. The Morgan fingerprint density at radius 3 is 2.60 bits per heavy atom. The maximum atomic E-state index is 6.09. The maximum Gasteiger partial charge on any atom is 0.270 e. The largest absolute Gasteiger partial charge is 0.497 e. The second kappa shape index (κ2) is 9.60. The van der Waals surface area contributed by atoms with Crippen molar-refractivity contribution >= 4 is 28.2 Å². The molecule has 0 aliphatic rings. The Kier molecular flexibility index (Phi) is 6.20. The lowest BCUT2D eigenvalue weighted by Gasteiger charge is -2.09. The number of fused-ring (bicyclic) bond motifs is 1. The van der Waals surface area contributed by atoms with Crippen LogP contribution in [0.5, 0.6) is 5.75 Å². The summed E-state index contributed by atoms with van der Waals surface area (Å²) >= 11 is 6.09. The average Bonchev–Trinajstić information content (AvgIpc) is 3.48. The molecule has 176 valence electrons. The number of halogens is 1. The molecule has 0 radical (unpaired) electrons. The summed E-state index contributed by atoms with van der Waals surface area (Å²) in [6, 6.07) is 19.2. The van der Waals surface area contributed by atoms with Crippen molar-refractivity contribution in [3.63, 3.8) is 0 Å². The molecular weight excluding hydrogens is 466 g/mol. The Morgan fingerprint density at radius 2 is 1.89 bits per heavy atom. The standard InChI is InChI=1S/C26H22ClN5O3/c1-16-23(24(31-34-3)26-30-29-25(35-26)21-6-4-5-13-28-21)20-14-19(33-2)11-12-22(20)32(16)15-17-7-9-18(27)10-8-17/h4-14H,15H2,1-3H3. The van der Waals surface area contributed by atoms with E-state index in [0.29, 0.717) is 28.9 Å². The zero-order valence-corrected chi connectivity index (χ0v) is 20.2. The first-order valence-corrected chi connectivity index (χ1v) is 11.2. The van der Waals surface area contributed by atoms with Crippen LogP contribution in [0.4, 0.5) is 0 Å². The fourth-order valence-corrected chi connectivity index (χ4v) is 4.18. The van der Waals surface area contributed by atoms with Crippen LogP contribution in [0.2, 0.25) is 5.02 Å². The number of aromatic nitrogens is 4. The lowest BCUT2D eigenvalue weighted by atomic mass is 10.1. The molecule has 0 atom stereocenters. The van der Waals surface area contributed by atoms with Gasteiger partial charge in [-0.05, 0) is 55.0 Å². The summed E-state index contributed by atoms with van der Waals surface area (Å²) in [7, 11) is 3.12. The van der Waals surface area contributed by atoms with Gasteiger partial charge in [-0.2, -0.15) is 0 Å². The van der Waals surface area contributed by atoms with Gasteiger partial charge in [0.15, 0.2) is 5.71 Å². The number of oxime groups is 1. The van der Waals surface area contributed by atoms with Crippen molar-refractivity contribution in [2.24, 2.45) is 5.16 Å². The Morgan fingerprint density at radius 1 is 1.06 bits per heavy atom. The van der Waals surface area contributed by atoms with Gasteiger partial charge in [0.25, 0.3) is 11.8 Å². The Hall–Kier alpha value is -4.17. The third-order valence-corrected chi connectivity index (χ3v) is 5.97. The van der Waals surface area contributed by atoms with Crippen molar-refractivity contribution < 1.29 is 14.0 Å². The van der Waals surface area contributed by atoms with E-state index in [9.17, 15) is 0 Å². The highest BCUT2D eigenvalue weighted by atomic mass is 35.5. The molecule has 2 aromatic carbocycles. The molecule has 3 aromatic heterocycles. The van der Waals surface area contributed by atoms with Crippen LogP contribution >= 0.6 is 11.6 Å². The average molecular weight is 488 g/mol. The summed E-state index contributed by atoms with van der Waals surface area (Å²) in [6.45, 7) is 2.66. The quantitative estimate of drug-likeness (QED) is 0.222. The zero-order valence-electron chi connectivity index (χ0n) is 19.4. The lowest BCUT2D eigenvalue weighted by Crippen LogP contribution is -2.08. The summed E-state index contributed by atoms with van der Waals surface area (Å²) in [5.41, 5.74) is 4.88. The van der Waals surface area contributed by atoms with Crippen LogP contribution in [0.3, 0.4) is 0 Å². The maximum absolute atomic E-state index is 6.09. The van der Waals surface area contributed by atoms with Gasteiger partial charge in [-0.3, -0.25) is 4.98 Å². The van der Waals surface area contributed by atoms with E-state index in [0.717, 1.165) is 33.5 Å². The Bertz CT molecular complexity index is 1510. The van der Waals surface area contributed by atoms with Gasteiger partial charge in [-0.1, -0.05) is 35.0 Å². The topological polar surface area (TPSA) is 87.6 Å². The second-order valence-electron chi connectivity index (χ2n) is 7.81. The normalized spacial score (nSPS) is 11.7. The van der Waals surface area contributed by atoms with Crippen LogP contribution in [-0.2, 0) is 11.4 Å². The molecule has 0 saturated carbocycles. The van der Waals surface area contributed by atoms with E-state index in [2.05, 4.69) is 24.9 Å². The molecule has 0 spiro atoms. The predicted molar refractivity (Wildman–Crippen MR) is 134 cm³/mol. The number of nitrogens with zero attached hydrogens (tertiary/aromatic N) is 5. The van der Waals surface area contributed by atoms with E-state index >= 15 is 0 Å². The summed E-state index contributed by atoms with van der Waals surface area (Å²) in [6.07, 6.45) is 1.67. The summed E-state index contributed by atoms with van der Waals surface area (Å²) in [4.78, 5) is 9.51. The Balaban J connectivity index is 1.67. The first-order chi connectivity index (χ1) is 17.1. The van der Waals surface area contributed by atoms with Crippen LogP contribution in [0.15, 0.2) is 76.4 Å². The van der Waals surface area contributed by atoms with Crippen LogP contribution < -0.4 is 4.74 Å². The SMILES string of the molecule is CON=C(c1nnc(-c2ccccn2)o1)c1c(C)n(Cc2ccc(Cl)cc2)c2ccc(OC)cc12. The van der Waals surface area contributed by atoms with Gasteiger partial charge >= 0.3 is 0 Å². The minimum absolute atomic E-state index is 0.226. The third-order valence-electron chi connectivity index (χ3n) is 5.72. The molecule has 5 aromatic rings. The van der Waals surface area contributed by atoms with E-state index < -0.39 is 0 Å². The number of benzene rings is 2. The molecule has 8 nitrogen and oxygen atoms in total. The van der Waals surface area contributed by atoms with Crippen molar-refractivity contribution in [1.29, 1.82) is 0 Å². The van der Waals surface area contributed by atoms with Gasteiger partial charge in [0.05, 0.1) is 7.11 Å². The van der Waals surface area contributed by atoms with Crippen molar-refractivity contribution in [3.05, 3.63) is 94.6 Å². The minimum atomic E-state index is 0.226. The number of ether oxygens (including phenoxy) is 1. The number of methoxy groups -OCH3 is 1. The van der Waals surface area contributed by atoms with Gasteiger partial charge in [0, 0.05) is 39.9 Å². The van der Waals surface area contributed by atoms with E-state index in [-0.39, 0.29) is 5.89 Å². The molecular formula is C26H22ClN5O3. The summed E-state index contributed by atoms with van der Waals surface area (Å²) < 4.78 is 13.7. The number of pyridine rings is 1. The molecule has 0 aliphatic heterocycles. The molecule has 0 N–H and O–H groups in total. The first kappa shape index (κ1) is 22.6. The predicted octanol–water partition coefficient (Wildman–Crippen LogP) is 5.50. The molecule has 0 unspecified atom stereocenters. The van der Waals surface area contributed by atoms with Gasteiger partial charge in [0.2, 0.25) is 0 Å². The highest BCUT2D eigenvalue weighted by molar-refractivity contribution is 6.30. The van der Waals surface area contributed by atoms with Crippen LogP contribution in [0, 0.1) is 6.92 Å². The zero-order chi connectivity index (χ0) is 24.4. The fourth-order valence-electron chi connectivity index (χ4n) is 4.06. The molecule has 3 heterocycles. The monoisotopic (exact) mass is 487 g/mol. The molecule has 0 bridgehead atoms. The van der Waals surface area contributed by atoms with Gasteiger partial charge < -0.3 is 18.6 Å².